The van der Waals surface area contributed by atoms with Gasteiger partial charge in [-0.25, -0.2) is 9.18 Å². The Morgan fingerprint density at radius 1 is 1.19 bits per heavy atom. The summed E-state index contributed by atoms with van der Waals surface area (Å²) in [6.07, 6.45) is 3.10. The molecule has 3 heteroatoms. The van der Waals surface area contributed by atoms with E-state index in [0.717, 1.165) is 24.8 Å². The van der Waals surface area contributed by atoms with Gasteiger partial charge in [-0.05, 0) is 81.2 Å². The molecule has 0 amide bonds. The lowest BCUT2D eigenvalue weighted by molar-refractivity contribution is 0.0378. The Kier molecular flexibility index (Phi) is 6.46. The summed E-state index contributed by atoms with van der Waals surface area (Å²) in [5.74, 6) is -0.697. The molecule has 0 saturated heterocycles. The lowest BCUT2D eigenvalue weighted by Gasteiger charge is -2.36. The molecule has 1 aliphatic carbocycles. The fourth-order valence-corrected chi connectivity index (χ4v) is 3.86. The lowest BCUT2D eigenvalue weighted by atomic mass is 9.69. The van der Waals surface area contributed by atoms with E-state index in [1.165, 1.54) is 11.1 Å². The van der Waals surface area contributed by atoms with E-state index < -0.39 is 5.97 Å². The van der Waals surface area contributed by atoms with Crippen LogP contribution in [0.3, 0.4) is 0 Å². The summed E-state index contributed by atoms with van der Waals surface area (Å²) < 4.78 is 20.3. The first-order valence-electron chi connectivity index (χ1n) is 9.62. The molecule has 1 aliphatic rings. The fraction of sp³-hybridized carbons (Fsp3) is 0.458. The van der Waals surface area contributed by atoms with Crippen molar-refractivity contribution in [2.75, 3.05) is 0 Å². The maximum Gasteiger partial charge on any atom is 0.338 e. The summed E-state index contributed by atoms with van der Waals surface area (Å²) in [5.41, 5.74) is 4.68. The zero-order valence-electron chi connectivity index (χ0n) is 17.4. The Morgan fingerprint density at radius 3 is 2.26 bits per heavy atom. The Bertz CT molecular complexity index is 792. The number of carbonyl (C=O) groups is 1. The first kappa shape index (κ1) is 21.1. The van der Waals surface area contributed by atoms with E-state index in [1.807, 2.05) is 0 Å². The molecule has 0 fully saturated rings. The van der Waals surface area contributed by atoms with Crippen LogP contribution in [0.15, 0.2) is 53.1 Å². The van der Waals surface area contributed by atoms with Crippen LogP contribution in [0.2, 0.25) is 0 Å². The van der Waals surface area contributed by atoms with Crippen LogP contribution in [-0.2, 0) is 4.74 Å². The number of hydrogen-bond acceptors (Lipinski definition) is 2. The number of esters is 1. The monoisotopic (exact) mass is 370 g/mol. The molecule has 0 heterocycles. The molecular weight excluding hydrogens is 339 g/mol. The van der Waals surface area contributed by atoms with Gasteiger partial charge < -0.3 is 4.74 Å². The van der Waals surface area contributed by atoms with E-state index in [1.54, 1.807) is 45.0 Å². The van der Waals surface area contributed by atoms with Gasteiger partial charge in [0.05, 0.1) is 11.7 Å². The highest BCUT2D eigenvalue weighted by molar-refractivity contribution is 5.90. The van der Waals surface area contributed by atoms with Crippen LogP contribution < -0.4 is 0 Å². The highest BCUT2D eigenvalue weighted by Gasteiger charge is 2.31. The van der Waals surface area contributed by atoms with Gasteiger partial charge in [0.15, 0.2) is 0 Å². The summed E-state index contributed by atoms with van der Waals surface area (Å²) in [6.45, 7) is 16.1. The van der Waals surface area contributed by atoms with Crippen molar-refractivity contribution in [1.29, 1.82) is 0 Å². The zero-order chi connectivity index (χ0) is 20.4. The van der Waals surface area contributed by atoms with Gasteiger partial charge in [0.25, 0.3) is 0 Å². The minimum Gasteiger partial charge on any atom is -0.459 e. The summed E-state index contributed by atoms with van der Waals surface area (Å²) in [6, 6.07) is 6.45. The third-order valence-corrected chi connectivity index (χ3v) is 5.26. The predicted molar refractivity (Wildman–Crippen MR) is 110 cm³/mol. The number of rotatable bonds is 5. The third kappa shape index (κ3) is 4.77. The van der Waals surface area contributed by atoms with E-state index in [4.69, 9.17) is 4.74 Å². The van der Waals surface area contributed by atoms with Gasteiger partial charge in [0.2, 0.25) is 0 Å². The largest absolute Gasteiger partial charge is 0.459 e. The van der Waals surface area contributed by atoms with Gasteiger partial charge in [-0.15, -0.1) is 0 Å². The SMILES string of the molecule is C=C(C(C)=C(F)c1ccc(C(=O)OC(C)C)cc1)C1=C(C)CCCC1(C)C. The standard InChI is InChI=1S/C24H31FO2/c1-15(2)27-23(26)20-12-10-19(11-13-20)22(25)18(5)17(4)21-16(3)9-8-14-24(21,6)7/h10-13,15H,4,8-9,14H2,1-3,5-7H3. The topological polar surface area (TPSA) is 26.3 Å². The molecule has 0 aromatic heterocycles. The Labute approximate surface area is 162 Å². The van der Waals surface area contributed by atoms with Crippen molar-refractivity contribution in [2.24, 2.45) is 5.41 Å². The fourth-order valence-electron chi connectivity index (χ4n) is 3.86. The van der Waals surface area contributed by atoms with Gasteiger partial charge in [0.1, 0.15) is 5.83 Å². The molecule has 0 radical (unpaired) electrons. The molecule has 1 aromatic carbocycles. The number of benzene rings is 1. The molecule has 0 aliphatic heterocycles. The van der Waals surface area contributed by atoms with Crippen LogP contribution in [-0.4, -0.2) is 12.1 Å². The van der Waals surface area contributed by atoms with Crippen molar-refractivity contribution in [1.82, 2.24) is 0 Å². The van der Waals surface area contributed by atoms with E-state index in [9.17, 15) is 4.79 Å². The second-order valence-electron chi connectivity index (χ2n) is 8.34. The van der Waals surface area contributed by atoms with E-state index >= 15 is 4.39 Å². The molecule has 0 bridgehead atoms. The van der Waals surface area contributed by atoms with E-state index in [0.29, 0.717) is 16.7 Å². The second kappa shape index (κ2) is 8.24. The van der Waals surface area contributed by atoms with E-state index in [2.05, 4.69) is 27.4 Å². The predicted octanol–water partition coefficient (Wildman–Crippen LogP) is 7.04. The molecule has 0 atom stereocenters. The molecule has 27 heavy (non-hydrogen) atoms. The van der Waals surface area contributed by atoms with Gasteiger partial charge in [0, 0.05) is 5.56 Å². The van der Waals surface area contributed by atoms with Crippen LogP contribution in [0.25, 0.3) is 5.83 Å². The van der Waals surface area contributed by atoms with Crippen LogP contribution in [0.4, 0.5) is 4.39 Å². The van der Waals surface area contributed by atoms with Gasteiger partial charge in [-0.3, -0.25) is 0 Å². The first-order valence-corrected chi connectivity index (χ1v) is 9.62. The van der Waals surface area contributed by atoms with Gasteiger partial charge in [-0.1, -0.05) is 38.1 Å². The van der Waals surface area contributed by atoms with Crippen molar-refractivity contribution in [3.05, 3.63) is 64.3 Å². The molecule has 0 N–H and O–H groups in total. The molecule has 1 aromatic rings. The number of hydrogen-bond donors (Lipinski definition) is 0. The Morgan fingerprint density at radius 2 is 1.74 bits per heavy atom. The van der Waals surface area contributed by atoms with Crippen molar-refractivity contribution in [3.63, 3.8) is 0 Å². The van der Waals surface area contributed by atoms with Crippen molar-refractivity contribution < 1.29 is 13.9 Å². The molecule has 146 valence electrons. The molecule has 0 saturated carbocycles. The maximum absolute atomic E-state index is 15.1. The number of halogens is 1. The minimum atomic E-state index is -0.396. The van der Waals surface area contributed by atoms with Crippen LogP contribution in [0.1, 0.15) is 76.7 Å². The van der Waals surface area contributed by atoms with E-state index in [-0.39, 0.29) is 17.3 Å². The summed E-state index contributed by atoms with van der Waals surface area (Å²) >= 11 is 0. The highest BCUT2D eigenvalue weighted by Crippen LogP contribution is 2.45. The average molecular weight is 371 g/mol. The quantitative estimate of drug-likeness (QED) is 0.410. The Hall–Kier alpha value is -2.16. The van der Waals surface area contributed by atoms with Gasteiger partial charge >= 0.3 is 5.97 Å². The molecule has 2 rings (SSSR count). The van der Waals surface area contributed by atoms with Crippen LogP contribution >= 0.6 is 0 Å². The van der Waals surface area contributed by atoms with Crippen molar-refractivity contribution in [2.45, 2.75) is 66.9 Å². The second-order valence-corrected chi connectivity index (χ2v) is 8.34. The molecule has 2 nitrogen and oxygen atoms in total. The maximum atomic E-state index is 15.1. The first-order chi connectivity index (χ1) is 12.5. The number of carbonyl (C=O) groups excluding carboxylic acids is 1. The smallest absolute Gasteiger partial charge is 0.338 e. The number of ether oxygens (including phenoxy) is 1. The minimum absolute atomic E-state index is 0.00537. The lowest BCUT2D eigenvalue weighted by Crippen LogP contribution is -2.22. The molecule has 0 spiro atoms. The molecular formula is C24H31FO2. The van der Waals surface area contributed by atoms with Crippen molar-refractivity contribution in [3.8, 4) is 0 Å². The summed E-state index contributed by atoms with van der Waals surface area (Å²) in [5, 5.41) is 0. The van der Waals surface area contributed by atoms with Gasteiger partial charge in [-0.2, -0.15) is 0 Å². The number of allylic oxidation sites excluding steroid dienone is 4. The zero-order valence-corrected chi connectivity index (χ0v) is 17.4. The Balaban J connectivity index is 2.31. The normalized spacial score (nSPS) is 17.6. The summed E-state index contributed by atoms with van der Waals surface area (Å²) in [7, 11) is 0. The third-order valence-electron chi connectivity index (χ3n) is 5.26. The van der Waals surface area contributed by atoms with Crippen molar-refractivity contribution >= 4 is 11.8 Å². The summed E-state index contributed by atoms with van der Waals surface area (Å²) in [4.78, 5) is 11.9. The average Bonchev–Trinajstić information content (AvgIpc) is 2.59. The molecule has 0 unspecified atom stereocenters. The highest BCUT2D eigenvalue weighted by atomic mass is 19.1. The van der Waals surface area contributed by atoms with Crippen LogP contribution in [0, 0.1) is 5.41 Å². The van der Waals surface area contributed by atoms with Crippen LogP contribution in [0.5, 0.6) is 0 Å².